The second-order valence-electron chi connectivity index (χ2n) is 4.06. The number of rotatable bonds is 3. The summed E-state index contributed by atoms with van der Waals surface area (Å²) >= 11 is 11.8. The first-order valence-electron chi connectivity index (χ1n) is 5.66. The van der Waals surface area contributed by atoms with Gasteiger partial charge in [0.2, 0.25) is 0 Å². The molecule has 0 saturated heterocycles. The first kappa shape index (κ1) is 14.0. The molecule has 0 aliphatic rings. The van der Waals surface area contributed by atoms with E-state index in [0.29, 0.717) is 28.0 Å². The summed E-state index contributed by atoms with van der Waals surface area (Å²) in [5.41, 5.74) is 1.23. The Morgan fingerprint density at radius 3 is 2.58 bits per heavy atom. The van der Waals surface area contributed by atoms with Crippen LogP contribution in [0.2, 0.25) is 10.0 Å². The molecule has 0 bridgehead atoms. The lowest BCUT2D eigenvalue weighted by Crippen LogP contribution is -2.06. The molecule has 1 heterocycles. The molecule has 0 fully saturated rings. The number of nitrogens with zero attached hydrogens (tertiary/aromatic N) is 2. The van der Waals surface area contributed by atoms with Gasteiger partial charge in [0.1, 0.15) is 5.82 Å². The van der Waals surface area contributed by atoms with Crippen LogP contribution in [0.5, 0.6) is 0 Å². The number of anilines is 1. The highest BCUT2D eigenvalue weighted by atomic mass is 35.5. The van der Waals surface area contributed by atoms with Gasteiger partial charge in [0, 0.05) is 13.5 Å². The van der Waals surface area contributed by atoms with E-state index < -0.39 is 5.82 Å². The van der Waals surface area contributed by atoms with E-state index >= 15 is 0 Å². The Hall–Kier alpha value is -1.39. The Bertz CT molecular complexity index is 617. The molecule has 0 aliphatic carbocycles. The minimum atomic E-state index is -0.430. The SMILES string of the molecule is CNc1nc(Cc2ccc(Cl)c(Cl)c2)nc(C)c1F. The maximum atomic E-state index is 13.6. The molecule has 100 valence electrons. The molecule has 2 rings (SSSR count). The van der Waals surface area contributed by atoms with Crippen LogP contribution in [0.4, 0.5) is 10.2 Å². The van der Waals surface area contributed by atoms with Gasteiger partial charge < -0.3 is 5.32 Å². The summed E-state index contributed by atoms with van der Waals surface area (Å²) in [6.07, 6.45) is 0.465. The molecule has 0 atom stereocenters. The van der Waals surface area contributed by atoms with Gasteiger partial charge >= 0.3 is 0 Å². The van der Waals surface area contributed by atoms with Gasteiger partial charge in [0.25, 0.3) is 0 Å². The maximum absolute atomic E-state index is 13.6. The predicted octanol–water partition coefficient (Wildman–Crippen LogP) is 3.86. The minimum Gasteiger partial charge on any atom is -0.371 e. The van der Waals surface area contributed by atoms with Gasteiger partial charge in [0.05, 0.1) is 15.7 Å². The molecule has 0 aliphatic heterocycles. The largest absolute Gasteiger partial charge is 0.371 e. The summed E-state index contributed by atoms with van der Waals surface area (Å²) in [4.78, 5) is 8.25. The van der Waals surface area contributed by atoms with Crippen LogP contribution in [0.15, 0.2) is 18.2 Å². The van der Waals surface area contributed by atoms with Crippen molar-refractivity contribution in [2.45, 2.75) is 13.3 Å². The smallest absolute Gasteiger partial charge is 0.186 e. The highest BCUT2D eigenvalue weighted by molar-refractivity contribution is 6.42. The highest BCUT2D eigenvalue weighted by Gasteiger charge is 2.11. The fourth-order valence-corrected chi connectivity index (χ4v) is 2.01. The van der Waals surface area contributed by atoms with Gasteiger partial charge in [-0.25, -0.2) is 14.4 Å². The van der Waals surface area contributed by atoms with E-state index in [1.54, 1.807) is 26.1 Å². The molecule has 1 aromatic carbocycles. The van der Waals surface area contributed by atoms with Crippen molar-refractivity contribution in [1.82, 2.24) is 9.97 Å². The summed E-state index contributed by atoms with van der Waals surface area (Å²) in [7, 11) is 1.62. The van der Waals surface area contributed by atoms with Crippen LogP contribution in [0.1, 0.15) is 17.1 Å². The van der Waals surface area contributed by atoms with Crippen LogP contribution in [-0.2, 0) is 6.42 Å². The molecule has 1 aromatic heterocycles. The molecule has 1 N–H and O–H groups in total. The monoisotopic (exact) mass is 299 g/mol. The van der Waals surface area contributed by atoms with Crippen molar-refractivity contribution in [2.75, 3.05) is 12.4 Å². The third kappa shape index (κ3) is 3.14. The van der Waals surface area contributed by atoms with Gasteiger partial charge in [-0.3, -0.25) is 0 Å². The zero-order valence-electron chi connectivity index (χ0n) is 10.5. The lowest BCUT2D eigenvalue weighted by atomic mass is 10.1. The van der Waals surface area contributed by atoms with Gasteiger partial charge in [0.15, 0.2) is 11.6 Å². The number of nitrogens with one attached hydrogen (secondary N) is 1. The average Bonchev–Trinajstić information content (AvgIpc) is 2.38. The van der Waals surface area contributed by atoms with Crippen LogP contribution in [0.25, 0.3) is 0 Å². The van der Waals surface area contributed by atoms with E-state index in [-0.39, 0.29) is 5.82 Å². The summed E-state index contributed by atoms with van der Waals surface area (Å²) in [6.45, 7) is 1.61. The Labute approximate surface area is 120 Å². The molecule has 0 spiro atoms. The van der Waals surface area contributed by atoms with E-state index in [0.717, 1.165) is 5.56 Å². The van der Waals surface area contributed by atoms with Crippen molar-refractivity contribution in [3.63, 3.8) is 0 Å². The van der Waals surface area contributed by atoms with Crippen LogP contribution in [0, 0.1) is 12.7 Å². The number of hydrogen-bond acceptors (Lipinski definition) is 3. The average molecular weight is 300 g/mol. The summed E-state index contributed by atoms with van der Waals surface area (Å²) in [5, 5.41) is 3.69. The molecule has 0 radical (unpaired) electrons. The molecular weight excluding hydrogens is 288 g/mol. The Morgan fingerprint density at radius 1 is 1.21 bits per heavy atom. The van der Waals surface area contributed by atoms with Gasteiger partial charge in [-0.15, -0.1) is 0 Å². The Morgan fingerprint density at radius 2 is 1.95 bits per heavy atom. The first-order valence-corrected chi connectivity index (χ1v) is 6.41. The molecule has 19 heavy (non-hydrogen) atoms. The summed E-state index contributed by atoms with van der Waals surface area (Å²) in [5.74, 6) is 0.296. The van der Waals surface area contributed by atoms with Crippen molar-refractivity contribution >= 4 is 29.0 Å². The van der Waals surface area contributed by atoms with Crippen molar-refractivity contribution in [3.8, 4) is 0 Å². The first-order chi connectivity index (χ1) is 9.01. The fourth-order valence-electron chi connectivity index (χ4n) is 1.69. The van der Waals surface area contributed by atoms with E-state index in [2.05, 4.69) is 15.3 Å². The van der Waals surface area contributed by atoms with Crippen LogP contribution in [-0.4, -0.2) is 17.0 Å². The van der Waals surface area contributed by atoms with E-state index in [4.69, 9.17) is 23.2 Å². The van der Waals surface area contributed by atoms with Crippen LogP contribution in [0.3, 0.4) is 0 Å². The van der Waals surface area contributed by atoms with Crippen LogP contribution < -0.4 is 5.32 Å². The second kappa shape index (κ2) is 5.72. The topological polar surface area (TPSA) is 37.8 Å². The lowest BCUT2D eigenvalue weighted by molar-refractivity contribution is 0.602. The molecule has 0 amide bonds. The molecule has 6 heteroatoms. The number of benzene rings is 1. The van der Waals surface area contributed by atoms with Crippen molar-refractivity contribution in [1.29, 1.82) is 0 Å². The van der Waals surface area contributed by atoms with E-state index in [9.17, 15) is 4.39 Å². The predicted molar refractivity (Wildman–Crippen MR) is 75.5 cm³/mol. The fraction of sp³-hybridized carbons (Fsp3) is 0.231. The molecular formula is C13H12Cl2FN3. The number of hydrogen-bond donors (Lipinski definition) is 1. The summed E-state index contributed by atoms with van der Waals surface area (Å²) < 4.78 is 13.6. The quantitative estimate of drug-likeness (QED) is 0.935. The zero-order valence-corrected chi connectivity index (χ0v) is 12.0. The standard InChI is InChI=1S/C13H12Cl2FN3/c1-7-12(16)13(17-2)19-11(18-7)6-8-3-4-9(14)10(15)5-8/h3-5H,6H2,1-2H3,(H,17,18,19). The van der Waals surface area contributed by atoms with Gasteiger partial charge in [-0.1, -0.05) is 29.3 Å². The number of aromatic nitrogens is 2. The third-order valence-corrected chi connectivity index (χ3v) is 3.39. The van der Waals surface area contributed by atoms with Gasteiger partial charge in [-0.05, 0) is 24.6 Å². The lowest BCUT2D eigenvalue weighted by Gasteiger charge is -2.08. The molecule has 0 unspecified atom stereocenters. The minimum absolute atomic E-state index is 0.197. The number of aryl methyl sites for hydroxylation is 1. The van der Waals surface area contributed by atoms with Gasteiger partial charge in [-0.2, -0.15) is 0 Å². The molecule has 3 nitrogen and oxygen atoms in total. The maximum Gasteiger partial charge on any atom is 0.186 e. The van der Waals surface area contributed by atoms with E-state index in [1.807, 2.05) is 6.07 Å². The Balaban J connectivity index is 2.32. The molecule has 0 saturated carbocycles. The highest BCUT2D eigenvalue weighted by Crippen LogP contribution is 2.24. The zero-order chi connectivity index (χ0) is 14.0. The normalized spacial score (nSPS) is 10.6. The van der Waals surface area contributed by atoms with Crippen molar-refractivity contribution in [2.24, 2.45) is 0 Å². The van der Waals surface area contributed by atoms with E-state index in [1.165, 1.54) is 0 Å². The third-order valence-electron chi connectivity index (χ3n) is 2.65. The van der Waals surface area contributed by atoms with Crippen LogP contribution >= 0.6 is 23.2 Å². The van der Waals surface area contributed by atoms with Crippen molar-refractivity contribution in [3.05, 3.63) is 51.1 Å². The second-order valence-corrected chi connectivity index (χ2v) is 4.88. The Kier molecular flexibility index (Phi) is 4.22. The molecule has 2 aromatic rings. The summed E-state index contributed by atoms with van der Waals surface area (Å²) in [6, 6.07) is 5.31. The van der Waals surface area contributed by atoms with Crippen molar-refractivity contribution < 1.29 is 4.39 Å². The number of halogens is 3.